The van der Waals surface area contributed by atoms with Crippen LogP contribution in [0.4, 0.5) is 4.39 Å². The number of ether oxygens (including phenoxy) is 3. The van der Waals surface area contributed by atoms with Crippen LogP contribution in [0.25, 0.3) is 11.1 Å². The van der Waals surface area contributed by atoms with E-state index >= 15 is 0 Å². The van der Waals surface area contributed by atoms with Crippen molar-refractivity contribution in [3.05, 3.63) is 47.8 Å². The zero-order valence-corrected chi connectivity index (χ0v) is 14.2. The van der Waals surface area contributed by atoms with Crippen LogP contribution in [0, 0.1) is 5.82 Å². The van der Waals surface area contributed by atoms with Gasteiger partial charge >= 0.3 is 0 Å². The van der Waals surface area contributed by atoms with Gasteiger partial charge in [0.15, 0.2) is 6.29 Å². The maximum absolute atomic E-state index is 14.4. The maximum Gasteiger partial charge on any atom is 0.199 e. The lowest BCUT2D eigenvalue weighted by molar-refractivity contribution is -0.105. The predicted molar refractivity (Wildman–Crippen MR) is 92.0 cm³/mol. The van der Waals surface area contributed by atoms with Crippen LogP contribution in [0.15, 0.2) is 36.4 Å². The van der Waals surface area contributed by atoms with E-state index in [2.05, 4.69) is 6.92 Å². The van der Waals surface area contributed by atoms with E-state index in [4.69, 9.17) is 14.2 Å². The average Bonchev–Trinajstić information content (AvgIpc) is 2.63. The van der Waals surface area contributed by atoms with E-state index in [9.17, 15) is 4.39 Å². The lowest BCUT2D eigenvalue weighted by Crippen LogP contribution is -2.25. The molecule has 128 valence electrons. The maximum atomic E-state index is 14.4. The number of rotatable bonds is 5. The van der Waals surface area contributed by atoms with Gasteiger partial charge in [-0.2, -0.15) is 0 Å². The molecule has 3 rings (SSSR count). The average molecular weight is 330 g/mol. The minimum Gasteiger partial charge on any atom is -0.497 e. The van der Waals surface area contributed by atoms with Gasteiger partial charge in [-0.1, -0.05) is 19.1 Å². The second-order valence-electron chi connectivity index (χ2n) is 5.94. The van der Waals surface area contributed by atoms with Crippen LogP contribution in [0.1, 0.15) is 31.7 Å². The summed E-state index contributed by atoms with van der Waals surface area (Å²) in [5.74, 6) is 0.980. The van der Waals surface area contributed by atoms with E-state index in [0.29, 0.717) is 23.7 Å². The molecule has 0 aromatic heterocycles. The number of aryl methyl sites for hydroxylation is 1. The molecule has 1 aliphatic rings. The monoisotopic (exact) mass is 330 g/mol. The fourth-order valence-corrected chi connectivity index (χ4v) is 2.89. The Kier molecular flexibility index (Phi) is 5.36. The molecule has 0 N–H and O–H groups in total. The smallest absolute Gasteiger partial charge is 0.199 e. The lowest BCUT2D eigenvalue weighted by Gasteiger charge is -2.25. The molecule has 0 radical (unpaired) electrons. The standard InChI is InChI=1S/C20H23FO3/c1-3-14-7-9-16(17-13-15(22-2)8-10-18(17)21)19(12-14)24-20-6-4-5-11-23-20/h7-10,12-13,20H,3-6,11H2,1-2H3. The molecule has 24 heavy (non-hydrogen) atoms. The molecule has 3 nitrogen and oxygen atoms in total. The van der Waals surface area contributed by atoms with Gasteiger partial charge in [0.05, 0.1) is 13.7 Å². The van der Waals surface area contributed by atoms with Crippen LogP contribution >= 0.6 is 0 Å². The minimum atomic E-state index is -0.297. The van der Waals surface area contributed by atoms with Gasteiger partial charge < -0.3 is 14.2 Å². The fourth-order valence-electron chi connectivity index (χ4n) is 2.89. The van der Waals surface area contributed by atoms with Crippen molar-refractivity contribution in [1.29, 1.82) is 0 Å². The van der Waals surface area contributed by atoms with E-state index in [1.807, 2.05) is 18.2 Å². The third-order valence-electron chi connectivity index (χ3n) is 4.31. The highest BCUT2D eigenvalue weighted by atomic mass is 19.1. The molecule has 1 atom stereocenters. The van der Waals surface area contributed by atoms with Crippen LogP contribution < -0.4 is 9.47 Å². The molecule has 2 aromatic carbocycles. The van der Waals surface area contributed by atoms with Gasteiger partial charge in [0.2, 0.25) is 0 Å². The summed E-state index contributed by atoms with van der Waals surface area (Å²) < 4.78 is 31.4. The Balaban J connectivity index is 2.00. The Morgan fingerprint density at radius 3 is 2.71 bits per heavy atom. The predicted octanol–water partition coefficient (Wildman–Crippen LogP) is 4.97. The summed E-state index contributed by atoms with van der Waals surface area (Å²) in [5, 5.41) is 0. The van der Waals surface area contributed by atoms with Crippen molar-refractivity contribution in [1.82, 2.24) is 0 Å². The Bertz CT molecular complexity index is 693. The summed E-state index contributed by atoms with van der Waals surface area (Å²) in [6, 6.07) is 10.6. The Labute approximate surface area is 142 Å². The summed E-state index contributed by atoms with van der Waals surface area (Å²) in [4.78, 5) is 0. The normalized spacial score (nSPS) is 17.5. The molecule has 0 saturated carbocycles. The van der Waals surface area contributed by atoms with E-state index in [-0.39, 0.29) is 12.1 Å². The Morgan fingerprint density at radius 1 is 1.12 bits per heavy atom. The molecule has 1 unspecified atom stereocenters. The molecule has 0 amide bonds. The van der Waals surface area contributed by atoms with Crippen LogP contribution in [0.3, 0.4) is 0 Å². The quantitative estimate of drug-likeness (QED) is 0.775. The Morgan fingerprint density at radius 2 is 2.00 bits per heavy atom. The molecule has 4 heteroatoms. The largest absolute Gasteiger partial charge is 0.497 e. The van der Waals surface area contributed by atoms with E-state index in [1.165, 1.54) is 6.07 Å². The summed E-state index contributed by atoms with van der Waals surface area (Å²) >= 11 is 0. The third-order valence-corrected chi connectivity index (χ3v) is 4.31. The molecule has 1 fully saturated rings. The van der Waals surface area contributed by atoms with Crippen LogP contribution in [-0.4, -0.2) is 20.0 Å². The molecule has 0 spiro atoms. The summed E-state index contributed by atoms with van der Waals surface area (Å²) in [7, 11) is 1.57. The molecular formula is C20H23FO3. The molecule has 1 saturated heterocycles. The first-order valence-corrected chi connectivity index (χ1v) is 8.46. The molecule has 1 aliphatic heterocycles. The van der Waals surface area contributed by atoms with Crippen LogP contribution in [0.2, 0.25) is 0 Å². The topological polar surface area (TPSA) is 27.7 Å². The van der Waals surface area contributed by atoms with Gasteiger partial charge in [-0.05, 0) is 49.1 Å². The first-order chi connectivity index (χ1) is 11.7. The molecule has 0 aliphatic carbocycles. The highest BCUT2D eigenvalue weighted by Crippen LogP contribution is 2.36. The summed E-state index contributed by atoms with van der Waals surface area (Å²) in [6.45, 7) is 2.79. The van der Waals surface area contributed by atoms with Gasteiger partial charge in [-0.3, -0.25) is 0 Å². The first kappa shape index (κ1) is 16.8. The van der Waals surface area contributed by atoms with Crippen molar-refractivity contribution in [2.75, 3.05) is 13.7 Å². The zero-order valence-electron chi connectivity index (χ0n) is 14.2. The SMILES string of the molecule is CCc1ccc(-c2cc(OC)ccc2F)c(OC2CCCCO2)c1. The van der Waals surface area contributed by atoms with Crippen molar-refractivity contribution in [3.63, 3.8) is 0 Å². The molecule has 2 aromatic rings. The first-order valence-electron chi connectivity index (χ1n) is 8.46. The van der Waals surface area contributed by atoms with Gasteiger partial charge in [0.25, 0.3) is 0 Å². The highest BCUT2D eigenvalue weighted by Gasteiger charge is 2.19. The number of methoxy groups -OCH3 is 1. The molecule has 0 bridgehead atoms. The zero-order chi connectivity index (χ0) is 16.9. The summed E-state index contributed by atoms with van der Waals surface area (Å²) in [5.41, 5.74) is 2.34. The lowest BCUT2D eigenvalue weighted by atomic mass is 10.0. The third kappa shape index (κ3) is 3.70. The second-order valence-corrected chi connectivity index (χ2v) is 5.94. The van der Waals surface area contributed by atoms with Gasteiger partial charge in [-0.15, -0.1) is 0 Å². The number of hydrogen-bond acceptors (Lipinski definition) is 3. The second kappa shape index (κ2) is 7.67. The summed E-state index contributed by atoms with van der Waals surface area (Å²) in [6.07, 6.45) is 3.63. The number of halogens is 1. The van der Waals surface area contributed by atoms with Gasteiger partial charge in [-0.25, -0.2) is 4.39 Å². The van der Waals surface area contributed by atoms with Crippen molar-refractivity contribution in [2.24, 2.45) is 0 Å². The van der Waals surface area contributed by atoms with E-state index in [0.717, 1.165) is 36.8 Å². The van der Waals surface area contributed by atoms with Gasteiger partial charge in [0, 0.05) is 17.5 Å². The highest BCUT2D eigenvalue weighted by molar-refractivity contribution is 5.72. The van der Waals surface area contributed by atoms with Crippen LogP contribution in [0.5, 0.6) is 11.5 Å². The fraction of sp³-hybridized carbons (Fsp3) is 0.400. The molecule has 1 heterocycles. The van der Waals surface area contributed by atoms with Crippen molar-refractivity contribution < 1.29 is 18.6 Å². The number of benzene rings is 2. The minimum absolute atomic E-state index is 0.265. The van der Waals surface area contributed by atoms with E-state index < -0.39 is 0 Å². The van der Waals surface area contributed by atoms with Crippen molar-refractivity contribution in [3.8, 4) is 22.6 Å². The van der Waals surface area contributed by atoms with Gasteiger partial charge in [0.1, 0.15) is 17.3 Å². The molecular weight excluding hydrogens is 307 g/mol. The van der Waals surface area contributed by atoms with Crippen LogP contribution in [-0.2, 0) is 11.2 Å². The Hall–Kier alpha value is -2.07. The van der Waals surface area contributed by atoms with E-state index in [1.54, 1.807) is 19.2 Å². The van der Waals surface area contributed by atoms with Crippen molar-refractivity contribution in [2.45, 2.75) is 38.9 Å². The van der Waals surface area contributed by atoms with Crippen molar-refractivity contribution >= 4 is 0 Å². The number of hydrogen-bond donors (Lipinski definition) is 0.